The molecule has 2 nitrogen and oxygen atoms in total. The van der Waals surface area contributed by atoms with Gasteiger partial charge in [-0.2, -0.15) is 0 Å². The van der Waals surface area contributed by atoms with Crippen molar-refractivity contribution in [3.8, 4) is 0 Å². The van der Waals surface area contributed by atoms with Gasteiger partial charge in [-0.25, -0.2) is 4.21 Å². The molecule has 0 fully saturated rings. The monoisotopic (exact) mass is 155 g/mol. The minimum absolute atomic E-state index is 0.266. The van der Waals surface area contributed by atoms with Gasteiger partial charge in [-0.15, -0.1) is 11.6 Å². The summed E-state index contributed by atoms with van der Waals surface area (Å²) in [5.74, 6) is 1.30. The third-order valence-electron chi connectivity index (χ3n) is 0.712. The van der Waals surface area contributed by atoms with Crippen LogP contribution in [0.5, 0.6) is 0 Å². The van der Waals surface area contributed by atoms with Gasteiger partial charge in [0, 0.05) is 11.6 Å². The van der Waals surface area contributed by atoms with Crippen molar-refractivity contribution >= 4 is 22.6 Å². The summed E-state index contributed by atoms with van der Waals surface area (Å²) in [6.07, 6.45) is 0. The van der Waals surface area contributed by atoms with Gasteiger partial charge in [0.1, 0.15) is 0 Å². The molecule has 4 heteroatoms. The number of halogens is 1. The number of hydrogen-bond acceptors (Lipinski definition) is 1. The van der Waals surface area contributed by atoms with Crippen molar-refractivity contribution in [2.45, 2.75) is 6.92 Å². The topological polar surface area (TPSA) is 43.1 Å². The van der Waals surface area contributed by atoms with E-state index >= 15 is 0 Å². The number of nitrogens with two attached hydrogens (primary N) is 1. The van der Waals surface area contributed by atoms with Crippen LogP contribution in [-0.2, 0) is 11.0 Å². The molecular weight excluding hydrogens is 146 g/mol. The molecule has 0 aromatic heterocycles. The largest absolute Gasteiger partial charge is 0.252 e. The Kier molecular flexibility index (Phi) is 4.51. The summed E-state index contributed by atoms with van der Waals surface area (Å²) >= 11 is 5.41. The van der Waals surface area contributed by atoms with Gasteiger partial charge in [-0.3, -0.25) is 5.14 Å². The SMILES string of the molecule is CC(CCl)CS(N)=O. The molecule has 0 saturated carbocycles. The molecule has 0 amide bonds. The van der Waals surface area contributed by atoms with Crippen LogP contribution in [0.25, 0.3) is 0 Å². The smallest absolute Gasteiger partial charge is 0.0891 e. The molecule has 0 aliphatic carbocycles. The van der Waals surface area contributed by atoms with E-state index in [1.54, 1.807) is 0 Å². The molecule has 2 unspecified atom stereocenters. The summed E-state index contributed by atoms with van der Waals surface area (Å²) in [5.41, 5.74) is 0. The molecule has 0 rings (SSSR count). The Hall–Kier alpha value is 0.400. The second-order valence-corrected chi connectivity index (χ2v) is 3.21. The maximum Gasteiger partial charge on any atom is 0.0891 e. The predicted octanol–water partition coefficient (Wildman–Crippen LogP) is 0.484. The minimum atomic E-state index is -1.18. The lowest BCUT2D eigenvalue weighted by atomic mass is 10.3. The zero-order chi connectivity index (χ0) is 6.57. The van der Waals surface area contributed by atoms with Gasteiger partial charge in [0.05, 0.1) is 11.0 Å². The summed E-state index contributed by atoms with van der Waals surface area (Å²) in [6.45, 7) is 1.91. The lowest BCUT2D eigenvalue weighted by Crippen LogP contribution is -2.15. The molecule has 0 aliphatic heterocycles. The number of rotatable bonds is 3. The quantitative estimate of drug-likeness (QED) is 0.593. The Balaban J connectivity index is 3.24. The highest BCUT2D eigenvalue weighted by Crippen LogP contribution is 1.97. The van der Waals surface area contributed by atoms with Gasteiger partial charge in [0.15, 0.2) is 0 Å². The van der Waals surface area contributed by atoms with Crippen LogP contribution in [0.2, 0.25) is 0 Å². The van der Waals surface area contributed by atoms with Crippen molar-refractivity contribution in [2.24, 2.45) is 11.1 Å². The van der Waals surface area contributed by atoms with Crippen LogP contribution in [0.3, 0.4) is 0 Å². The van der Waals surface area contributed by atoms with Crippen LogP contribution < -0.4 is 5.14 Å². The van der Waals surface area contributed by atoms with E-state index in [-0.39, 0.29) is 5.92 Å². The van der Waals surface area contributed by atoms with Gasteiger partial charge in [0.25, 0.3) is 0 Å². The van der Waals surface area contributed by atoms with Crippen LogP contribution >= 0.6 is 11.6 Å². The number of alkyl halides is 1. The third-order valence-corrected chi connectivity index (χ3v) is 2.14. The first-order chi connectivity index (χ1) is 3.66. The summed E-state index contributed by atoms with van der Waals surface area (Å²) in [4.78, 5) is 0. The fourth-order valence-electron chi connectivity index (χ4n) is 0.325. The van der Waals surface area contributed by atoms with Crippen molar-refractivity contribution in [3.63, 3.8) is 0 Å². The van der Waals surface area contributed by atoms with E-state index in [0.717, 1.165) is 0 Å². The first kappa shape index (κ1) is 8.40. The first-order valence-electron chi connectivity index (χ1n) is 2.35. The van der Waals surface area contributed by atoms with Crippen LogP contribution in [0, 0.1) is 5.92 Å². The molecule has 8 heavy (non-hydrogen) atoms. The van der Waals surface area contributed by atoms with Crippen molar-refractivity contribution in [1.29, 1.82) is 0 Å². The van der Waals surface area contributed by atoms with Gasteiger partial charge in [-0.1, -0.05) is 6.92 Å². The first-order valence-corrected chi connectivity index (χ1v) is 4.27. The molecule has 0 bridgehead atoms. The summed E-state index contributed by atoms with van der Waals surface area (Å²) in [7, 11) is -1.18. The molecule has 0 aliphatic rings. The normalized spacial score (nSPS) is 17.9. The molecule has 0 aromatic carbocycles. The standard InChI is InChI=1S/C4H10ClNOS/c1-4(2-5)3-8(6)7/h4H,2-3,6H2,1H3. The molecular formula is C4H10ClNOS. The Morgan fingerprint density at radius 3 is 2.50 bits per heavy atom. The molecule has 0 aromatic rings. The Morgan fingerprint density at radius 2 is 2.38 bits per heavy atom. The van der Waals surface area contributed by atoms with Crippen molar-refractivity contribution in [1.82, 2.24) is 0 Å². The van der Waals surface area contributed by atoms with Gasteiger partial charge in [-0.05, 0) is 5.92 Å². The van der Waals surface area contributed by atoms with Crippen LogP contribution in [0.4, 0.5) is 0 Å². The third kappa shape index (κ3) is 4.56. The highest BCUT2D eigenvalue weighted by molar-refractivity contribution is 7.82. The van der Waals surface area contributed by atoms with Gasteiger partial charge >= 0.3 is 0 Å². The van der Waals surface area contributed by atoms with E-state index in [0.29, 0.717) is 11.6 Å². The van der Waals surface area contributed by atoms with E-state index < -0.39 is 11.0 Å². The molecule has 2 N–H and O–H groups in total. The van der Waals surface area contributed by atoms with E-state index in [2.05, 4.69) is 0 Å². The Morgan fingerprint density at radius 1 is 1.88 bits per heavy atom. The Bertz CT molecular complexity index is 88.1. The lowest BCUT2D eigenvalue weighted by molar-refractivity contribution is 0.668. The van der Waals surface area contributed by atoms with Gasteiger partial charge < -0.3 is 0 Å². The molecule has 0 spiro atoms. The van der Waals surface area contributed by atoms with Crippen LogP contribution in [-0.4, -0.2) is 15.8 Å². The molecule has 50 valence electrons. The summed E-state index contributed by atoms with van der Waals surface area (Å²) in [6, 6.07) is 0. The average molecular weight is 156 g/mol. The van der Waals surface area contributed by atoms with Crippen LogP contribution in [0.1, 0.15) is 6.92 Å². The second kappa shape index (κ2) is 4.30. The molecule has 0 heterocycles. The van der Waals surface area contributed by atoms with Crippen molar-refractivity contribution in [2.75, 3.05) is 11.6 Å². The molecule has 2 atom stereocenters. The van der Waals surface area contributed by atoms with Crippen LogP contribution in [0.15, 0.2) is 0 Å². The van der Waals surface area contributed by atoms with Crippen molar-refractivity contribution < 1.29 is 4.21 Å². The summed E-state index contributed by atoms with van der Waals surface area (Å²) < 4.78 is 10.2. The molecule has 0 saturated heterocycles. The fraction of sp³-hybridized carbons (Fsp3) is 1.00. The minimum Gasteiger partial charge on any atom is -0.252 e. The zero-order valence-corrected chi connectivity index (χ0v) is 6.34. The van der Waals surface area contributed by atoms with E-state index in [4.69, 9.17) is 16.7 Å². The average Bonchev–Trinajstić information content (AvgIpc) is 1.65. The van der Waals surface area contributed by atoms with Crippen molar-refractivity contribution in [3.05, 3.63) is 0 Å². The highest BCUT2D eigenvalue weighted by Gasteiger charge is 2.00. The van der Waals surface area contributed by atoms with E-state index in [1.165, 1.54) is 0 Å². The fourth-order valence-corrected chi connectivity index (χ4v) is 1.24. The Labute approximate surface area is 57.0 Å². The predicted molar refractivity (Wildman–Crippen MR) is 37.1 cm³/mol. The lowest BCUT2D eigenvalue weighted by Gasteiger charge is -2.00. The number of hydrogen-bond donors (Lipinski definition) is 1. The van der Waals surface area contributed by atoms with E-state index in [1.807, 2.05) is 6.92 Å². The van der Waals surface area contributed by atoms with E-state index in [9.17, 15) is 4.21 Å². The maximum atomic E-state index is 10.2. The maximum absolute atomic E-state index is 10.2. The zero-order valence-electron chi connectivity index (χ0n) is 4.76. The highest BCUT2D eigenvalue weighted by atomic mass is 35.5. The molecule has 0 radical (unpaired) electrons. The van der Waals surface area contributed by atoms with Gasteiger partial charge in [0.2, 0.25) is 0 Å². The second-order valence-electron chi connectivity index (χ2n) is 1.81. The summed E-state index contributed by atoms with van der Waals surface area (Å²) in [5, 5.41) is 4.98.